The molecule has 0 unspecified atom stereocenters. The van der Waals surface area contributed by atoms with Crippen LogP contribution in [0.3, 0.4) is 0 Å². The summed E-state index contributed by atoms with van der Waals surface area (Å²) in [5.74, 6) is -1.48. The molecule has 2 N–H and O–H groups in total. The minimum absolute atomic E-state index is 0.104. The maximum Gasteiger partial charge on any atom is 0.344 e. The topological polar surface area (TPSA) is 91.0 Å². The normalized spacial score (nSPS) is 18.5. The lowest BCUT2D eigenvalue weighted by Gasteiger charge is -2.22. The molecule has 4 amide bonds. The second-order valence-corrected chi connectivity index (χ2v) is 7.24. The van der Waals surface area contributed by atoms with Gasteiger partial charge in [-0.25, -0.2) is 9.18 Å². The monoisotopic (exact) mass is 414 g/mol. The van der Waals surface area contributed by atoms with Crippen LogP contribution in [0, 0.1) is 5.82 Å². The van der Waals surface area contributed by atoms with Crippen molar-refractivity contribution in [2.24, 2.45) is 0 Å². The first-order valence-corrected chi connectivity index (χ1v) is 9.27. The molecule has 0 radical (unpaired) electrons. The van der Waals surface area contributed by atoms with E-state index in [1.807, 2.05) is 0 Å². The number of amides is 4. The maximum atomic E-state index is 13.8. The van der Waals surface area contributed by atoms with Crippen molar-refractivity contribution in [3.05, 3.63) is 65.5 Å². The zero-order valence-corrected chi connectivity index (χ0v) is 16.9. The summed E-state index contributed by atoms with van der Waals surface area (Å²) in [5.41, 5.74) is 2.34. The fourth-order valence-electron chi connectivity index (χ4n) is 3.29. The summed E-state index contributed by atoms with van der Waals surface area (Å²) in [5, 5.41) is 3.31. The second kappa shape index (κ2) is 8.50. The minimum atomic E-state index is -1.27. The van der Waals surface area contributed by atoms with Crippen molar-refractivity contribution >= 4 is 17.8 Å². The highest BCUT2D eigenvalue weighted by Gasteiger charge is 2.49. The van der Waals surface area contributed by atoms with E-state index in [2.05, 4.69) is 10.7 Å². The number of methoxy groups -OCH3 is 1. The lowest BCUT2D eigenvalue weighted by atomic mass is 9.92. The molecule has 8 nitrogen and oxygen atoms in total. The molecule has 158 valence electrons. The highest BCUT2D eigenvalue weighted by atomic mass is 19.1. The van der Waals surface area contributed by atoms with Gasteiger partial charge in [0.05, 0.1) is 13.7 Å². The van der Waals surface area contributed by atoms with Gasteiger partial charge in [-0.15, -0.1) is 0 Å². The second-order valence-electron chi connectivity index (χ2n) is 7.24. The van der Waals surface area contributed by atoms with Crippen LogP contribution in [-0.2, 0) is 21.7 Å². The van der Waals surface area contributed by atoms with Crippen LogP contribution < -0.4 is 15.5 Å². The molecule has 1 saturated heterocycles. The number of ether oxygens (including phenoxy) is 1. The van der Waals surface area contributed by atoms with Gasteiger partial charge in [0.2, 0.25) is 0 Å². The molecule has 1 atom stereocenters. The summed E-state index contributed by atoms with van der Waals surface area (Å²) >= 11 is 0. The van der Waals surface area contributed by atoms with Crippen LogP contribution in [0.25, 0.3) is 0 Å². The Bertz CT molecular complexity index is 969. The number of urea groups is 1. The molecule has 0 saturated carbocycles. The molecule has 3 rings (SSSR count). The molecule has 0 spiro atoms. The van der Waals surface area contributed by atoms with Crippen molar-refractivity contribution in [2.75, 3.05) is 20.7 Å². The van der Waals surface area contributed by atoms with E-state index < -0.39 is 29.2 Å². The predicted octanol–water partition coefficient (Wildman–Crippen LogP) is 1.76. The number of nitrogens with one attached hydrogen (secondary N) is 2. The molecule has 2 aromatic rings. The van der Waals surface area contributed by atoms with Crippen LogP contribution >= 0.6 is 0 Å². The average molecular weight is 414 g/mol. The van der Waals surface area contributed by atoms with E-state index in [-0.39, 0.29) is 18.8 Å². The Hall–Kier alpha value is -3.46. The summed E-state index contributed by atoms with van der Waals surface area (Å²) in [4.78, 5) is 39.1. The van der Waals surface area contributed by atoms with Crippen molar-refractivity contribution in [2.45, 2.75) is 19.0 Å². The SMILES string of the molecule is COc1ccc(CN(C)CC(=O)NN2C(=O)N[C@@](C)(c3ccccc3)C2=O)cc1F. The van der Waals surface area contributed by atoms with Gasteiger partial charge in [0.1, 0.15) is 5.54 Å². The van der Waals surface area contributed by atoms with Gasteiger partial charge in [0.25, 0.3) is 11.8 Å². The van der Waals surface area contributed by atoms with Crippen molar-refractivity contribution in [3.8, 4) is 5.75 Å². The maximum absolute atomic E-state index is 13.8. The van der Waals surface area contributed by atoms with E-state index in [0.717, 1.165) is 0 Å². The summed E-state index contributed by atoms with van der Waals surface area (Å²) < 4.78 is 18.7. The Kier molecular flexibility index (Phi) is 6.02. The third-order valence-corrected chi connectivity index (χ3v) is 4.86. The molecule has 9 heteroatoms. The van der Waals surface area contributed by atoms with Gasteiger partial charge in [0.15, 0.2) is 11.6 Å². The van der Waals surface area contributed by atoms with E-state index in [9.17, 15) is 18.8 Å². The molecule has 0 bridgehead atoms. The lowest BCUT2D eigenvalue weighted by molar-refractivity contribution is -0.139. The number of hydrogen-bond donors (Lipinski definition) is 2. The van der Waals surface area contributed by atoms with Crippen LogP contribution in [0.2, 0.25) is 0 Å². The number of carbonyl (C=O) groups excluding carboxylic acids is 3. The Morgan fingerprint density at radius 2 is 1.93 bits per heavy atom. The molecule has 1 fully saturated rings. The zero-order chi connectivity index (χ0) is 21.9. The minimum Gasteiger partial charge on any atom is -0.494 e. The Morgan fingerprint density at radius 1 is 1.23 bits per heavy atom. The van der Waals surface area contributed by atoms with Gasteiger partial charge < -0.3 is 10.1 Å². The molecule has 0 aromatic heterocycles. The van der Waals surface area contributed by atoms with E-state index >= 15 is 0 Å². The number of rotatable bonds is 7. The summed E-state index contributed by atoms with van der Waals surface area (Å²) in [7, 11) is 3.05. The molecular formula is C21H23FN4O4. The van der Waals surface area contributed by atoms with E-state index in [0.29, 0.717) is 16.1 Å². The Balaban J connectivity index is 1.61. The molecule has 30 heavy (non-hydrogen) atoms. The summed E-state index contributed by atoms with van der Waals surface area (Å²) in [6, 6.07) is 12.6. The lowest BCUT2D eigenvalue weighted by Crippen LogP contribution is -2.50. The zero-order valence-electron chi connectivity index (χ0n) is 16.9. The third kappa shape index (κ3) is 4.25. The Morgan fingerprint density at radius 3 is 2.57 bits per heavy atom. The number of likely N-dealkylation sites (N-methyl/N-ethyl adjacent to an activating group) is 1. The molecule has 1 aliphatic heterocycles. The number of benzene rings is 2. The van der Waals surface area contributed by atoms with Gasteiger partial charge in [-0.1, -0.05) is 36.4 Å². The largest absolute Gasteiger partial charge is 0.494 e. The van der Waals surface area contributed by atoms with E-state index in [1.165, 1.54) is 19.2 Å². The Labute approximate surface area is 173 Å². The molecule has 1 heterocycles. The van der Waals surface area contributed by atoms with Gasteiger partial charge in [-0.05, 0) is 37.2 Å². The van der Waals surface area contributed by atoms with Crippen LogP contribution in [0.5, 0.6) is 5.75 Å². The van der Waals surface area contributed by atoms with Crippen LogP contribution in [0.1, 0.15) is 18.1 Å². The van der Waals surface area contributed by atoms with Crippen molar-refractivity contribution in [3.63, 3.8) is 0 Å². The fraction of sp³-hybridized carbons (Fsp3) is 0.286. The highest BCUT2D eigenvalue weighted by molar-refractivity contribution is 6.08. The number of carbonyl (C=O) groups is 3. The van der Waals surface area contributed by atoms with Gasteiger partial charge in [-0.2, -0.15) is 5.01 Å². The number of imide groups is 1. The van der Waals surface area contributed by atoms with Crippen molar-refractivity contribution in [1.29, 1.82) is 0 Å². The quantitative estimate of drug-likeness (QED) is 0.674. The summed E-state index contributed by atoms with van der Waals surface area (Å²) in [6.07, 6.45) is 0. The van der Waals surface area contributed by atoms with Gasteiger partial charge in [-0.3, -0.25) is 19.9 Å². The molecule has 0 aliphatic carbocycles. The number of halogens is 1. The van der Waals surface area contributed by atoms with E-state index in [1.54, 1.807) is 55.3 Å². The number of nitrogens with zero attached hydrogens (tertiary/aromatic N) is 2. The van der Waals surface area contributed by atoms with Gasteiger partial charge >= 0.3 is 6.03 Å². The molecule has 2 aromatic carbocycles. The van der Waals surface area contributed by atoms with Crippen LogP contribution in [-0.4, -0.2) is 48.5 Å². The first-order chi connectivity index (χ1) is 14.2. The predicted molar refractivity (Wildman–Crippen MR) is 107 cm³/mol. The van der Waals surface area contributed by atoms with Crippen LogP contribution in [0.4, 0.5) is 9.18 Å². The number of hydrazine groups is 1. The first kappa shape index (κ1) is 21.3. The van der Waals surface area contributed by atoms with E-state index in [4.69, 9.17) is 4.74 Å². The summed E-state index contributed by atoms with van der Waals surface area (Å²) in [6.45, 7) is 1.77. The van der Waals surface area contributed by atoms with Crippen molar-refractivity contribution < 1.29 is 23.5 Å². The smallest absolute Gasteiger partial charge is 0.344 e. The fourth-order valence-corrected chi connectivity index (χ4v) is 3.29. The molecular weight excluding hydrogens is 391 g/mol. The highest BCUT2D eigenvalue weighted by Crippen LogP contribution is 2.27. The number of hydrogen-bond acceptors (Lipinski definition) is 5. The van der Waals surface area contributed by atoms with Crippen molar-refractivity contribution in [1.82, 2.24) is 20.7 Å². The molecule has 1 aliphatic rings. The average Bonchev–Trinajstić information content (AvgIpc) is 2.92. The van der Waals surface area contributed by atoms with Gasteiger partial charge in [0, 0.05) is 6.54 Å². The first-order valence-electron chi connectivity index (χ1n) is 9.27. The third-order valence-electron chi connectivity index (χ3n) is 4.86. The standard InChI is InChI=1S/C21H23FN4O4/c1-21(15-7-5-4-6-8-15)19(28)26(20(29)23-21)24-18(27)13-25(2)12-14-9-10-17(30-3)16(22)11-14/h4-11H,12-13H2,1-3H3,(H,23,29)(H,24,27)/t21-/m0/s1. The van der Waals surface area contributed by atoms with Crippen LogP contribution in [0.15, 0.2) is 48.5 Å².